The number of nitrogens with zero attached hydrogens (tertiary/aromatic N) is 1. The maximum atomic E-state index is 11.1. The SMILES string of the molecule is O=C(O)N1CCCCC1CCOc1ccccc1. The van der Waals surface area contributed by atoms with Gasteiger partial charge in [0.25, 0.3) is 0 Å². The predicted octanol–water partition coefficient (Wildman–Crippen LogP) is 2.99. The standard InChI is InChI=1S/C14H19NO3/c16-14(17)15-10-5-4-6-12(15)9-11-18-13-7-2-1-3-8-13/h1-3,7-8,12H,4-6,9-11H2,(H,16,17). The normalized spacial score (nSPS) is 19.6. The Bertz CT molecular complexity index is 380. The minimum absolute atomic E-state index is 0.111. The van der Waals surface area contributed by atoms with Crippen molar-refractivity contribution in [3.05, 3.63) is 30.3 Å². The molecule has 0 saturated carbocycles. The fraction of sp³-hybridized carbons (Fsp3) is 0.500. The lowest BCUT2D eigenvalue weighted by atomic mass is 10.0. The molecule has 0 spiro atoms. The van der Waals surface area contributed by atoms with Gasteiger partial charge in [0.05, 0.1) is 6.61 Å². The molecule has 18 heavy (non-hydrogen) atoms. The van der Waals surface area contributed by atoms with Crippen LogP contribution in [-0.4, -0.2) is 35.3 Å². The second-order valence-electron chi connectivity index (χ2n) is 4.58. The quantitative estimate of drug-likeness (QED) is 0.892. The highest BCUT2D eigenvalue weighted by molar-refractivity contribution is 5.65. The maximum Gasteiger partial charge on any atom is 0.407 e. The van der Waals surface area contributed by atoms with Gasteiger partial charge < -0.3 is 14.7 Å². The number of hydrogen-bond donors (Lipinski definition) is 1. The molecule has 1 aromatic rings. The number of benzene rings is 1. The highest BCUT2D eigenvalue weighted by Gasteiger charge is 2.25. The summed E-state index contributed by atoms with van der Waals surface area (Å²) < 4.78 is 5.62. The van der Waals surface area contributed by atoms with E-state index in [0.29, 0.717) is 13.2 Å². The first kappa shape index (κ1) is 12.7. The summed E-state index contributed by atoms with van der Waals surface area (Å²) in [6, 6.07) is 9.74. The number of hydrogen-bond acceptors (Lipinski definition) is 2. The van der Waals surface area contributed by atoms with Gasteiger partial charge in [-0.25, -0.2) is 4.79 Å². The largest absolute Gasteiger partial charge is 0.494 e. The number of ether oxygens (including phenoxy) is 1. The molecule has 1 fully saturated rings. The van der Waals surface area contributed by atoms with Crippen molar-refractivity contribution in [3.8, 4) is 5.75 Å². The van der Waals surface area contributed by atoms with Crippen molar-refractivity contribution in [1.29, 1.82) is 0 Å². The molecule has 0 bridgehead atoms. The van der Waals surface area contributed by atoms with Crippen molar-refractivity contribution < 1.29 is 14.6 Å². The van der Waals surface area contributed by atoms with Gasteiger partial charge in [0.1, 0.15) is 5.75 Å². The third-order valence-corrected chi connectivity index (χ3v) is 3.34. The fourth-order valence-corrected chi connectivity index (χ4v) is 2.38. The van der Waals surface area contributed by atoms with Gasteiger partial charge in [0.15, 0.2) is 0 Å². The maximum absolute atomic E-state index is 11.1. The average Bonchev–Trinajstić information content (AvgIpc) is 2.40. The van der Waals surface area contributed by atoms with Crippen LogP contribution in [0.4, 0.5) is 4.79 Å². The van der Waals surface area contributed by atoms with E-state index in [1.807, 2.05) is 30.3 Å². The van der Waals surface area contributed by atoms with Crippen molar-refractivity contribution in [2.75, 3.05) is 13.2 Å². The number of likely N-dealkylation sites (tertiary alicyclic amines) is 1. The van der Waals surface area contributed by atoms with Gasteiger partial charge in [-0.3, -0.25) is 0 Å². The number of amides is 1. The van der Waals surface area contributed by atoms with Gasteiger partial charge in [0.2, 0.25) is 0 Å². The van der Waals surface area contributed by atoms with Crippen LogP contribution in [0.3, 0.4) is 0 Å². The third kappa shape index (κ3) is 3.39. The highest BCUT2D eigenvalue weighted by Crippen LogP contribution is 2.20. The zero-order chi connectivity index (χ0) is 12.8. The van der Waals surface area contributed by atoms with E-state index in [4.69, 9.17) is 9.84 Å². The van der Waals surface area contributed by atoms with Gasteiger partial charge in [-0.05, 0) is 31.4 Å². The lowest BCUT2D eigenvalue weighted by Gasteiger charge is -2.33. The van der Waals surface area contributed by atoms with Crippen LogP contribution in [0.2, 0.25) is 0 Å². The van der Waals surface area contributed by atoms with E-state index >= 15 is 0 Å². The van der Waals surface area contributed by atoms with Crippen LogP contribution in [0.15, 0.2) is 30.3 Å². The molecular weight excluding hydrogens is 230 g/mol. The topological polar surface area (TPSA) is 49.8 Å². The van der Waals surface area contributed by atoms with Crippen LogP contribution in [0.1, 0.15) is 25.7 Å². The lowest BCUT2D eigenvalue weighted by molar-refractivity contribution is 0.0967. The lowest BCUT2D eigenvalue weighted by Crippen LogP contribution is -2.43. The third-order valence-electron chi connectivity index (χ3n) is 3.34. The second kappa shape index (κ2) is 6.28. The number of piperidine rings is 1. The summed E-state index contributed by atoms with van der Waals surface area (Å²) in [5.41, 5.74) is 0. The molecule has 1 atom stereocenters. The van der Waals surface area contributed by atoms with Crippen molar-refractivity contribution in [2.24, 2.45) is 0 Å². The molecule has 4 heteroatoms. The summed E-state index contributed by atoms with van der Waals surface area (Å²) in [5.74, 6) is 0.843. The van der Waals surface area contributed by atoms with Gasteiger partial charge in [-0.15, -0.1) is 0 Å². The van der Waals surface area contributed by atoms with E-state index in [1.54, 1.807) is 4.90 Å². The van der Waals surface area contributed by atoms with Crippen molar-refractivity contribution in [1.82, 2.24) is 4.90 Å². The number of para-hydroxylation sites is 1. The smallest absolute Gasteiger partial charge is 0.407 e. The summed E-state index contributed by atoms with van der Waals surface area (Å²) >= 11 is 0. The fourth-order valence-electron chi connectivity index (χ4n) is 2.38. The Morgan fingerprint density at radius 3 is 2.83 bits per heavy atom. The Morgan fingerprint density at radius 2 is 2.11 bits per heavy atom. The van der Waals surface area contributed by atoms with Crippen molar-refractivity contribution >= 4 is 6.09 Å². The van der Waals surface area contributed by atoms with Crippen LogP contribution in [0.25, 0.3) is 0 Å². The Balaban J connectivity index is 1.79. The zero-order valence-corrected chi connectivity index (χ0v) is 10.4. The zero-order valence-electron chi connectivity index (χ0n) is 10.4. The molecule has 1 N–H and O–H groups in total. The highest BCUT2D eigenvalue weighted by atomic mass is 16.5. The van der Waals surface area contributed by atoms with Crippen LogP contribution >= 0.6 is 0 Å². The van der Waals surface area contributed by atoms with E-state index in [1.165, 1.54) is 0 Å². The molecule has 0 aromatic heterocycles. The monoisotopic (exact) mass is 249 g/mol. The Labute approximate surface area is 107 Å². The Hall–Kier alpha value is -1.71. The first-order valence-corrected chi connectivity index (χ1v) is 6.45. The molecule has 4 nitrogen and oxygen atoms in total. The minimum Gasteiger partial charge on any atom is -0.494 e. The van der Waals surface area contributed by atoms with Crippen molar-refractivity contribution in [2.45, 2.75) is 31.7 Å². The van der Waals surface area contributed by atoms with Crippen LogP contribution in [-0.2, 0) is 0 Å². The van der Waals surface area contributed by atoms with Crippen molar-refractivity contribution in [3.63, 3.8) is 0 Å². The first-order valence-electron chi connectivity index (χ1n) is 6.45. The average molecular weight is 249 g/mol. The molecule has 1 saturated heterocycles. The Kier molecular flexibility index (Phi) is 4.45. The predicted molar refractivity (Wildman–Crippen MR) is 68.9 cm³/mol. The molecule has 1 aliphatic heterocycles. The number of rotatable bonds is 4. The summed E-state index contributed by atoms with van der Waals surface area (Å²) in [7, 11) is 0. The molecule has 1 heterocycles. The van der Waals surface area contributed by atoms with Gasteiger partial charge in [0, 0.05) is 19.0 Å². The molecule has 1 aromatic carbocycles. The summed E-state index contributed by atoms with van der Waals surface area (Å²) in [5, 5.41) is 9.11. The molecule has 98 valence electrons. The van der Waals surface area contributed by atoms with E-state index in [-0.39, 0.29) is 6.04 Å². The number of carboxylic acid groups (broad SMARTS) is 1. The molecule has 0 radical (unpaired) electrons. The summed E-state index contributed by atoms with van der Waals surface area (Å²) in [4.78, 5) is 12.6. The molecule has 1 unspecified atom stereocenters. The Morgan fingerprint density at radius 1 is 1.33 bits per heavy atom. The molecule has 1 aliphatic rings. The van der Waals surface area contributed by atoms with Gasteiger partial charge >= 0.3 is 6.09 Å². The van der Waals surface area contributed by atoms with Gasteiger partial charge in [-0.2, -0.15) is 0 Å². The van der Waals surface area contributed by atoms with Crippen LogP contribution in [0, 0.1) is 0 Å². The van der Waals surface area contributed by atoms with Gasteiger partial charge in [-0.1, -0.05) is 18.2 Å². The van der Waals surface area contributed by atoms with E-state index in [0.717, 1.165) is 31.4 Å². The van der Waals surface area contributed by atoms with Crippen LogP contribution < -0.4 is 4.74 Å². The summed E-state index contributed by atoms with van der Waals surface area (Å²) in [6.07, 6.45) is 2.99. The number of carbonyl (C=O) groups is 1. The molecular formula is C14H19NO3. The second-order valence-corrected chi connectivity index (χ2v) is 4.58. The van der Waals surface area contributed by atoms with E-state index in [2.05, 4.69) is 0 Å². The molecule has 1 amide bonds. The molecule has 0 aliphatic carbocycles. The molecule has 2 rings (SSSR count). The van der Waals surface area contributed by atoms with Crippen LogP contribution in [0.5, 0.6) is 5.75 Å². The summed E-state index contributed by atoms with van der Waals surface area (Å²) in [6.45, 7) is 1.23. The van der Waals surface area contributed by atoms with E-state index in [9.17, 15) is 4.79 Å². The van der Waals surface area contributed by atoms with E-state index < -0.39 is 6.09 Å². The first-order chi connectivity index (χ1) is 8.77. The minimum atomic E-state index is -0.806.